The molecule has 0 aliphatic heterocycles. The molecule has 2 nitrogen and oxygen atoms in total. The van der Waals surface area contributed by atoms with Gasteiger partial charge < -0.3 is 4.74 Å². The third-order valence-corrected chi connectivity index (χ3v) is 1.91. The predicted molar refractivity (Wildman–Crippen MR) is 43.4 cm³/mol. The number of alkyl halides is 2. The van der Waals surface area contributed by atoms with Crippen molar-refractivity contribution in [3.63, 3.8) is 0 Å². The summed E-state index contributed by atoms with van der Waals surface area (Å²) in [6.07, 6.45) is -2.95. The first-order valence-electron chi connectivity index (χ1n) is 3.24. The summed E-state index contributed by atoms with van der Waals surface area (Å²) in [7, 11) is 1.27. The molecule has 0 amide bonds. The molecular weight excluding hydrogens is 251 g/mol. The van der Waals surface area contributed by atoms with Gasteiger partial charge in [-0.15, -0.1) is 0 Å². The number of nitrogens with zero attached hydrogens (tertiary/aromatic N) is 1. The van der Waals surface area contributed by atoms with E-state index in [1.807, 2.05) is 0 Å². The average molecular weight is 256 g/mol. The Morgan fingerprint density at radius 1 is 1.54 bits per heavy atom. The van der Waals surface area contributed by atoms with Crippen LogP contribution >= 0.6 is 15.9 Å². The van der Waals surface area contributed by atoms with E-state index in [0.29, 0.717) is 0 Å². The van der Waals surface area contributed by atoms with E-state index in [-0.39, 0.29) is 10.4 Å². The molecule has 0 saturated carbocycles. The van der Waals surface area contributed by atoms with Crippen LogP contribution in [-0.4, -0.2) is 12.1 Å². The van der Waals surface area contributed by atoms with Crippen molar-refractivity contribution in [1.82, 2.24) is 4.98 Å². The van der Waals surface area contributed by atoms with Crippen molar-refractivity contribution in [1.29, 1.82) is 0 Å². The summed E-state index contributed by atoms with van der Waals surface area (Å²) in [5.41, 5.74) is -0.911. The standard InChI is InChI=1S/C7H5BrF3NO/c1-13-4-2-3(8)5(9)6(12-4)7(10)11/h2,7H,1H3. The number of ether oxygens (including phenoxy) is 1. The van der Waals surface area contributed by atoms with E-state index < -0.39 is 17.9 Å². The molecule has 72 valence electrons. The van der Waals surface area contributed by atoms with Crippen LogP contribution < -0.4 is 4.74 Å². The maximum Gasteiger partial charge on any atom is 0.283 e. The third-order valence-electron chi connectivity index (χ3n) is 1.33. The second-order valence-corrected chi connectivity index (χ2v) is 3.00. The van der Waals surface area contributed by atoms with E-state index in [1.165, 1.54) is 13.2 Å². The summed E-state index contributed by atoms with van der Waals surface area (Å²) >= 11 is 2.78. The zero-order valence-corrected chi connectivity index (χ0v) is 8.11. The Morgan fingerprint density at radius 3 is 2.62 bits per heavy atom. The van der Waals surface area contributed by atoms with Crippen LogP contribution in [0.1, 0.15) is 12.1 Å². The molecule has 6 heteroatoms. The topological polar surface area (TPSA) is 22.1 Å². The first-order valence-corrected chi connectivity index (χ1v) is 4.03. The fourth-order valence-electron chi connectivity index (χ4n) is 0.743. The molecule has 0 fully saturated rings. The van der Waals surface area contributed by atoms with Gasteiger partial charge in [0.05, 0.1) is 11.6 Å². The summed E-state index contributed by atoms with van der Waals surface area (Å²) in [4.78, 5) is 3.27. The van der Waals surface area contributed by atoms with Crippen LogP contribution in [0.15, 0.2) is 10.5 Å². The van der Waals surface area contributed by atoms with Gasteiger partial charge in [-0.3, -0.25) is 0 Å². The monoisotopic (exact) mass is 255 g/mol. The number of methoxy groups -OCH3 is 1. The molecule has 0 aliphatic carbocycles. The lowest BCUT2D eigenvalue weighted by Gasteiger charge is -2.05. The minimum atomic E-state index is -2.95. The first kappa shape index (κ1) is 10.3. The molecule has 0 aliphatic rings. The molecule has 1 heterocycles. The van der Waals surface area contributed by atoms with Crippen LogP contribution in [0.3, 0.4) is 0 Å². The number of hydrogen-bond acceptors (Lipinski definition) is 2. The number of rotatable bonds is 2. The number of pyridine rings is 1. The normalized spacial score (nSPS) is 10.6. The highest BCUT2D eigenvalue weighted by atomic mass is 79.9. The lowest BCUT2D eigenvalue weighted by Crippen LogP contribution is -1.99. The molecule has 1 aromatic heterocycles. The molecule has 0 spiro atoms. The molecule has 0 unspecified atom stereocenters. The van der Waals surface area contributed by atoms with Crippen molar-refractivity contribution >= 4 is 15.9 Å². The van der Waals surface area contributed by atoms with Gasteiger partial charge in [-0.2, -0.15) is 0 Å². The van der Waals surface area contributed by atoms with Crippen molar-refractivity contribution in [2.45, 2.75) is 6.43 Å². The van der Waals surface area contributed by atoms with Crippen LogP contribution in [-0.2, 0) is 0 Å². The van der Waals surface area contributed by atoms with Crippen LogP contribution in [0.2, 0.25) is 0 Å². The van der Waals surface area contributed by atoms with E-state index in [9.17, 15) is 13.2 Å². The molecule has 0 radical (unpaired) electrons. The summed E-state index contributed by atoms with van der Waals surface area (Å²) in [6.45, 7) is 0. The summed E-state index contributed by atoms with van der Waals surface area (Å²) in [5.74, 6) is -1.11. The highest BCUT2D eigenvalue weighted by Gasteiger charge is 2.19. The third kappa shape index (κ3) is 2.12. The van der Waals surface area contributed by atoms with Gasteiger partial charge in [0.2, 0.25) is 5.88 Å². The van der Waals surface area contributed by atoms with E-state index in [0.717, 1.165) is 0 Å². The lowest BCUT2D eigenvalue weighted by atomic mass is 10.3. The number of aromatic nitrogens is 1. The second-order valence-electron chi connectivity index (χ2n) is 2.15. The van der Waals surface area contributed by atoms with Crippen LogP contribution in [0, 0.1) is 5.82 Å². The zero-order valence-electron chi connectivity index (χ0n) is 6.52. The Hall–Kier alpha value is -0.780. The largest absolute Gasteiger partial charge is 0.481 e. The maximum absolute atomic E-state index is 12.9. The summed E-state index contributed by atoms with van der Waals surface area (Å²) in [6, 6.07) is 1.18. The Morgan fingerprint density at radius 2 is 2.15 bits per heavy atom. The first-order chi connectivity index (χ1) is 6.06. The quantitative estimate of drug-likeness (QED) is 0.811. The molecule has 0 saturated heterocycles. The average Bonchev–Trinajstić information content (AvgIpc) is 2.09. The molecule has 1 rings (SSSR count). The van der Waals surface area contributed by atoms with Crippen molar-refractivity contribution in [3.05, 3.63) is 22.1 Å². The van der Waals surface area contributed by atoms with Crippen molar-refractivity contribution in [3.8, 4) is 5.88 Å². The number of halogens is 4. The Labute approximate surface area is 80.9 Å². The summed E-state index contributed by atoms with van der Waals surface area (Å²) in [5, 5.41) is 0. The van der Waals surface area contributed by atoms with Crippen LogP contribution in [0.25, 0.3) is 0 Å². The molecule has 0 atom stereocenters. The van der Waals surface area contributed by atoms with Gasteiger partial charge in [0.25, 0.3) is 6.43 Å². The predicted octanol–water partition coefficient (Wildman–Crippen LogP) is 2.93. The molecule has 0 aromatic carbocycles. The fourth-order valence-corrected chi connectivity index (χ4v) is 1.14. The maximum atomic E-state index is 12.9. The Balaban J connectivity index is 3.25. The van der Waals surface area contributed by atoms with Gasteiger partial charge in [-0.1, -0.05) is 0 Å². The molecule has 0 N–H and O–H groups in total. The van der Waals surface area contributed by atoms with Crippen LogP contribution in [0.5, 0.6) is 5.88 Å². The summed E-state index contributed by atoms with van der Waals surface area (Å²) < 4.78 is 41.7. The van der Waals surface area contributed by atoms with Crippen molar-refractivity contribution in [2.24, 2.45) is 0 Å². The molecule has 1 aromatic rings. The van der Waals surface area contributed by atoms with Crippen LogP contribution in [0.4, 0.5) is 13.2 Å². The lowest BCUT2D eigenvalue weighted by molar-refractivity contribution is 0.139. The molecule has 13 heavy (non-hydrogen) atoms. The molecule has 0 bridgehead atoms. The zero-order chi connectivity index (χ0) is 10.0. The van der Waals surface area contributed by atoms with E-state index in [2.05, 4.69) is 25.7 Å². The van der Waals surface area contributed by atoms with E-state index >= 15 is 0 Å². The highest BCUT2D eigenvalue weighted by Crippen LogP contribution is 2.28. The van der Waals surface area contributed by atoms with Gasteiger partial charge in [-0.25, -0.2) is 18.2 Å². The van der Waals surface area contributed by atoms with Gasteiger partial charge in [0.15, 0.2) is 5.82 Å². The SMILES string of the molecule is COc1cc(Br)c(F)c(C(F)F)n1. The number of hydrogen-bond donors (Lipinski definition) is 0. The van der Waals surface area contributed by atoms with Gasteiger partial charge in [-0.05, 0) is 15.9 Å². The van der Waals surface area contributed by atoms with E-state index in [1.54, 1.807) is 0 Å². The smallest absolute Gasteiger partial charge is 0.283 e. The highest BCUT2D eigenvalue weighted by molar-refractivity contribution is 9.10. The Bertz CT molecular complexity index is 319. The van der Waals surface area contributed by atoms with Gasteiger partial charge >= 0.3 is 0 Å². The van der Waals surface area contributed by atoms with Crippen molar-refractivity contribution in [2.75, 3.05) is 7.11 Å². The Kier molecular flexibility index (Phi) is 3.13. The minimum absolute atomic E-state index is 0.0522. The minimum Gasteiger partial charge on any atom is -0.481 e. The van der Waals surface area contributed by atoms with E-state index in [4.69, 9.17) is 0 Å². The van der Waals surface area contributed by atoms with Gasteiger partial charge in [0.1, 0.15) is 5.69 Å². The van der Waals surface area contributed by atoms with Crippen molar-refractivity contribution < 1.29 is 17.9 Å². The molecular formula is C7H5BrF3NO. The van der Waals surface area contributed by atoms with Gasteiger partial charge in [0, 0.05) is 6.07 Å². The fraction of sp³-hybridized carbons (Fsp3) is 0.286. The second kappa shape index (κ2) is 3.95.